The van der Waals surface area contributed by atoms with Crippen molar-refractivity contribution in [2.24, 2.45) is 0 Å². The highest BCUT2D eigenvalue weighted by atomic mass is 16.5. The zero-order chi connectivity index (χ0) is 13.2. The Morgan fingerprint density at radius 2 is 2.22 bits per heavy atom. The van der Waals surface area contributed by atoms with Gasteiger partial charge in [-0.05, 0) is 25.1 Å². The molecule has 6 nitrogen and oxygen atoms in total. The number of aliphatic hydroxyl groups is 1. The highest BCUT2D eigenvalue weighted by Crippen LogP contribution is 1.99. The second-order valence-corrected chi connectivity index (χ2v) is 3.69. The number of aromatic carboxylic acids is 1. The first-order valence-electron chi connectivity index (χ1n) is 5.82. The molecule has 0 aliphatic heterocycles. The zero-order valence-electron chi connectivity index (χ0n) is 10.1. The molecule has 18 heavy (non-hydrogen) atoms. The lowest BCUT2D eigenvalue weighted by molar-refractivity contribution is 0.0690. The van der Waals surface area contributed by atoms with Crippen LogP contribution < -0.4 is 5.32 Å². The summed E-state index contributed by atoms with van der Waals surface area (Å²) in [7, 11) is 0. The van der Waals surface area contributed by atoms with Gasteiger partial charge in [0.1, 0.15) is 5.69 Å². The summed E-state index contributed by atoms with van der Waals surface area (Å²) in [6.07, 6.45) is 0.832. The number of nitrogens with zero attached hydrogens (tertiary/aromatic N) is 1. The average molecular weight is 254 g/mol. The van der Waals surface area contributed by atoms with Gasteiger partial charge in [0.15, 0.2) is 0 Å². The molecule has 0 saturated carbocycles. The smallest absolute Gasteiger partial charge is 0.354 e. The van der Waals surface area contributed by atoms with E-state index >= 15 is 0 Å². The second-order valence-electron chi connectivity index (χ2n) is 3.69. The number of ether oxygens (including phenoxy) is 1. The lowest BCUT2D eigenvalue weighted by Gasteiger charge is -2.05. The highest BCUT2D eigenvalue weighted by Gasteiger charge is 2.04. The van der Waals surface area contributed by atoms with Crippen molar-refractivity contribution >= 4 is 5.97 Å². The van der Waals surface area contributed by atoms with Crippen LogP contribution >= 0.6 is 0 Å². The third-order valence-corrected chi connectivity index (χ3v) is 2.21. The second kappa shape index (κ2) is 8.57. The minimum Gasteiger partial charge on any atom is -0.477 e. The maximum atomic E-state index is 10.7. The predicted molar refractivity (Wildman–Crippen MR) is 65.4 cm³/mol. The number of hydrogen-bond acceptors (Lipinski definition) is 5. The summed E-state index contributed by atoms with van der Waals surface area (Å²) < 4.78 is 5.10. The third kappa shape index (κ3) is 5.72. The molecular weight excluding hydrogens is 236 g/mol. The molecule has 6 heteroatoms. The number of aliphatic hydroxyl groups excluding tert-OH is 1. The largest absolute Gasteiger partial charge is 0.477 e. The van der Waals surface area contributed by atoms with Crippen LogP contribution in [-0.2, 0) is 11.3 Å². The number of carboxylic acid groups (broad SMARTS) is 1. The molecule has 0 radical (unpaired) electrons. The van der Waals surface area contributed by atoms with Crippen molar-refractivity contribution in [1.82, 2.24) is 10.3 Å². The van der Waals surface area contributed by atoms with Crippen molar-refractivity contribution in [2.45, 2.75) is 13.0 Å². The number of hydrogen-bond donors (Lipinski definition) is 3. The normalized spacial score (nSPS) is 10.5. The van der Waals surface area contributed by atoms with Gasteiger partial charge in [-0.2, -0.15) is 0 Å². The lowest BCUT2D eigenvalue weighted by atomic mass is 10.3. The molecule has 1 heterocycles. The molecule has 0 unspecified atom stereocenters. The number of carboxylic acids is 1. The molecule has 0 fully saturated rings. The van der Waals surface area contributed by atoms with E-state index in [0.717, 1.165) is 13.0 Å². The first-order chi connectivity index (χ1) is 8.74. The van der Waals surface area contributed by atoms with Crippen LogP contribution in [0, 0.1) is 0 Å². The minimum atomic E-state index is -1.02. The fraction of sp³-hybridized carbons (Fsp3) is 0.500. The first-order valence-corrected chi connectivity index (χ1v) is 5.82. The zero-order valence-corrected chi connectivity index (χ0v) is 10.1. The molecule has 0 atom stereocenters. The van der Waals surface area contributed by atoms with E-state index < -0.39 is 5.97 Å². The van der Waals surface area contributed by atoms with Gasteiger partial charge in [0.2, 0.25) is 0 Å². The standard InChI is InChI=1S/C12H18N2O4/c15-6-8-18-7-2-5-13-9-10-3-1-4-11(14-10)12(16)17/h1,3-4,13,15H,2,5-9H2,(H,16,17). The topological polar surface area (TPSA) is 91.7 Å². The van der Waals surface area contributed by atoms with E-state index in [2.05, 4.69) is 10.3 Å². The molecule has 0 aliphatic carbocycles. The average Bonchev–Trinajstić information content (AvgIpc) is 2.38. The Hall–Kier alpha value is -1.50. The van der Waals surface area contributed by atoms with E-state index in [9.17, 15) is 4.79 Å². The predicted octanol–water partition coefficient (Wildman–Crippen LogP) is 0.268. The molecule has 1 rings (SSSR count). The number of nitrogens with one attached hydrogen (secondary N) is 1. The van der Waals surface area contributed by atoms with Gasteiger partial charge >= 0.3 is 5.97 Å². The summed E-state index contributed by atoms with van der Waals surface area (Å²) in [5.41, 5.74) is 0.756. The summed E-state index contributed by atoms with van der Waals surface area (Å²) >= 11 is 0. The van der Waals surface area contributed by atoms with E-state index in [0.29, 0.717) is 25.5 Å². The number of rotatable bonds is 9. The van der Waals surface area contributed by atoms with E-state index in [1.54, 1.807) is 12.1 Å². The van der Waals surface area contributed by atoms with Gasteiger partial charge in [-0.25, -0.2) is 9.78 Å². The number of carbonyl (C=O) groups is 1. The molecule has 0 saturated heterocycles. The number of pyridine rings is 1. The molecule has 0 spiro atoms. The van der Waals surface area contributed by atoms with Crippen molar-refractivity contribution < 1.29 is 19.7 Å². The van der Waals surface area contributed by atoms with Gasteiger partial charge in [-0.1, -0.05) is 6.07 Å². The minimum absolute atomic E-state index is 0.0410. The monoisotopic (exact) mass is 254 g/mol. The Balaban J connectivity index is 2.19. The van der Waals surface area contributed by atoms with E-state index in [-0.39, 0.29) is 12.3 Å². The lowest BCUT2D eigenvalue weighted by Crippen LogP contribution is -2.18. The molecular formula is C12H18N2O4. The van der Waals surface area contributed by atoms with Crippen molar-refractivity contribution in [2.75, 3.05) is 26.4 Å². The van der Waals surface area contributed by atoms with Crippen LogP contribution in [0.25, 0.3) is 0 Å². The van der Waals surface area contributed by atoms with E-state index in [1.165, 1.54) is 6.07 Å². The van der Waals surface area contributed by atoms with Crippen LogP contribution in [-0.4, -0.2) is 47.5 Å². The molecule has 0 amide bonds. The maximum absolute atomic E-state index is 10.7. The van der Waals surface area contributed by atoms with Gasteiger partial charge in [0.05, 0.1) is 18.9 Å². The van der Waals surface area contributed by atoms with Gasteiger partial charge in [0.25, 0.3) is 0 Å². The fourth-order valence-corrected chi connectivity index (χ4v) is 1.38. The maximum Gasteiger partial charge on any atom is 0.354 e. The van der Waals surface area contributed by atoms with Gasteiger partial charge in [-0.15, -0.1) is 0 Å². The Kier molecular flexibility index (Phi) is 6.93. The Labute approximate surface area is 106 Å². The van der Waals surface area contributed by atoms with Gasteiger partial charge < -0.3 is 20.3 Å². The van der Waals surface area contributed by atoms with Gasteiger partial charge in [0, 0.05) is 13.2 Å². The molecule has 100 valence electrons. The molecule has 1 aromatic heterocycles. The molecule has 1 aromatic rings. The third-order valence-electron chi connectivity index (χ3n) is 2.21. The summed E-state index contributed by atoms with van der Waals surface area (Å²) in [6, 6.07) is 4.92. The molecule has 0 bridgehead atoms. The number of aromatic nitrogens is 1. The summed E-state index contributed by atoms with van der Waals surface area (Å²) in [6.45, 7) is 2.28. The van der Waals surface area contributed by atoms with Crippen LogP contribution in [0.1, 0.15) is 22.6 Å². The van der Waals surface area contributed by atoms with Crippen molar-refractivity contribution in [3.63, 3.8) is 0 Å². The van der Waals surface area contributed by atoms with Crippen molar-refractivity contribution in [1.29, 1.82) is 0 Å². The summed E-state index contributed by atoms with van der Waals surface area (Å²) in [5.74, 6) is -1.02. The van der Waals surface area contributed by atoms with E-state index in [4.69, 9.17) is 14.9 Å². The quantitative estimate of drug-likeness (QED) is 0.548. The highest BCUT2D eigenvalue weighted by molar-refractivity contribution is 5.85. The Morgan fingerprint density at radius 3 is 2.94 bits per heavy atom. The summed E-state index contributed by atoms with van der Waals surface area (Å²) in [5, 5.41) is 20.4. The molecule has 3 N–H and O–H groups in total. The van der Waals surface area contributed by atoms with E-state index in [1.807, 2.05) is 0 Å². The van der Waals surface area contributed by atoms with Crippen molar-refractivity contribution in [3.8, 4) is 0 Å². The van der Waals surface area contributed by atoms with Gasteiger partial charge in [-0.3, -0.25) is 0 Å². The van der Waals surface area contributed by atoms with Crippen LogP contribution in [0.4, 0.5) is 0 Å². The first kappa shape index (κ1) is 14.6. The fourth-order valence-electron chi connectivity index (χ4n) is 1.38. The SMILES string of the molecule is O=C(O)c1cccc(CNCCCOCCO)n1. The molecule has 0 aliphatic rings. The van der Waals surface area contributed by atoms with Crippen LogP contribution in [0.15, 0.2) is 18.2 Å². The Bertz CT molecular complexity index is 371. The van der Waals surface area contributed by atoms with Crippen LogP contribution in [0.2, 0.25) is 0 Å². The van der Waals surface area contributed by atoms with Crippen molar-refractivity contribution in [3.05, 3.63) is 29.6 Å². The summed E-state index contributed by atoms with van der Waals surface area (Å²) in [4.78, 5) is 14.7. The van der Waals surface area contributed by atoms with Crippen LogP contribution in [0.3, 0.4) is 0 Å². The van der Waals surface area contributed by atoms with Crippen LogP contribution in [0.5, 0.6) is 0 Å². The Morgan fingerprint density at radius 1 is 1.39 bits per heavy atom. The molecule has 0 aromatic carbocycles.